The minimum Gasteiger partial charge on any atom is -0.469 e. The fourth-order valence-electron chi connectivity index (χ4n) is 2.47. The number of pyridine rings is 1. The van der Waals surface area contributed by atoms with Gasteiger partial charge < -0.3 is 9.64 Å². The maximum atomic E-state index is 12.9. The first-order valence-corrected chi connectivity index (χ1v) is 7.85. The highest BCUT2D eigenvalue weighted by Gasteiger charge is 2.23. The molecule has 1 aromatic carbocycles. The number of aryl methyl sites for hydroxylation is 1. The van der Waals surface area contributed by atoms with Crippen LogP contribution >= 0.6 is 0 Å². The van der Waals surface area contributed by atoms with Crippen LogP contribution in [0.25, 0.3) is 0 Å². The standard InChI is InChI=1S/C19H22N2O3/c1-14-7-6-8-16(11-14)18(22)21(12-15(2)19(23)24-3)13-17-9-4-5-10-20-17/h4-11,15H,12-13H2,1-3H3. The van der Waals surface area contributed by atoms with E-state index in [9.17, 15) is 9.59 Å². The van der Waals surface area contributed by atoms with Gasteiger partial charge in [0.15, 0.2) is 0 Å². The van der Waals surface area contributed by atoms with Crippen molar-refractivity contribution in [2.24, 2.45) is 5.92 Å². The molecule has 0 spiro atoms. The fraction of sp³-hybridized carbons (Fsp3) is 0.316. The van der Waals surface area contributed by atoms with Crippen molar-refractivity contribution in [1.29, 1.82) is 0 Å². The van der Waals surface area contributed by atoms with Gasteiger partial charge in [-0.25, -0.2) is 0 Å². The van der Waals surface area contributed by atoms with Crippen molar-refractivity contribution in [2.45, 2.75) is 20.4 Å². The first-order chi connectivity index (χ1) is 11.5. The minimum atomic E-state index is -0.410. The minimum absolute atomic E-state index is 0.125. The number of amides is 1. The number of esters is 1. The number of hydrogen-bond acceptors (Lipinski definition) is 4. The summed E-state index contributed by atoms with van der Waals surface area (Å²) in [6, 6.07) is 13.0. The number of methoxy groups -OCH3 is 1. The lowest BCUT2D eigenvalue weighted by Crippen LogP contribution is -2.37. The van der Waals surface area contributed by atoms with Crippen molar-refractivity contribution in [1.82, 2.24) is 9.88 Å². The van der Waals surface area contributed by atoms with E-state index >= 15 is 0 Å². The second-order valence-corrected chi connectivity index (χ2v) is 5.80. The maximum Gasteiger partial charge on any atom is 0.310 e. The summed E-state index contributed by atoms with van der Waals surface area (Å²) in [5.74, 6) is -0.870. The van der Waals surface area contributed by atoms with E-state index in [2.05, 4.69) is 4.98 Å². The van der Waals surface area contributed by atoms with Gasteiger partial charge in [0.1, 0.15) is 0 Å². The number of carbonyl (C=O) groups excluding carboxylic acids is 2. The Kier molecular flexibility index (Phi) is 6.07. The smallest absolute Gasteiger partial charge is 0.310 e. The van der Waals surface area contributed by atoms with Gasteiger partial charge in [-0.1, -0.05) is 30.7 Å². The lowest BCUT2D eigenvalue weighted by Gasteiger charge is -2.25. The van der Waals surface area contributed by atoms with Crippen LogP contribution in [0.4, 0.5) is 0 Å². The van der Waals surface area contributed by atoms with Gasteiger partial charge in [-0.05, 0) is 31.2 Å². The van der Waals surface area contributed by atoms with E-state index in [4.69, 9.17) is 4.74 Å². The average Bonchev–Trinajstić information content (AvgIpc) is 2.60. The molecule has 5 heteroatoms. The van der Waals surface area contributed by atoms with Crippen LogP contribution in [0.2, 0.25) is 0 Å². The first kappa shape index (κ1) is 17.7. The number of nitrogens with zero attached hydrogens (tertiary/aromatic N) is 2. The van der Waals surface area contributed by atoms with E-state index in [0.29, 0.717) is 12.1 Å². The zero-order valence-electron chi connectivity index (χ0n) is 14.2. The highest BCUT2D eigenvalue weighted by atomic mass is 16.5. The van der Waals surface area contributed by atoms with Gasteiger partial charge in [-0.2, -0.15) is 0 Å². The summed E-state index contributed by atoms with van der Waals surface area (Å²) in [5.41, 5.74) is 2.39. The number of ether oxygens (including phenoxy) is 1. The molecule has 1 atom stereocenters. The molecule has 0 bridgehead atoms. The number of rotatable bonds is 6. The van der Waals surface area contributed by atoms with Crippen molar-refractivity contribution in [3.63, 3.8) is 0 Å². The summed E-state index contributed by atoms with van der Waals surface area (Å²) in [7, 11) is 1.35. The molecule has 126 valence electrons. The Morgan fingerprint density at radius 3 is 2.62 bits per heavy atom. The van der Waals surface area contributed by atoms with Gasteiger partial charge in [0.25, 0.3) is 5.91 Å². The Bertz CT molecular complexity index is 701. The molecular formula is C19H22N2O3. The molecule has 2 aromatic rings. The maximum absolute atomic E-state index is 12.9. The van der Waals surface area contributed by atoms with E-state index < -0.39 is 5.92 Å². The van der Waals surface area contributed by atoms with Crippen LogP contribution < -0.4 is 0 Å². The molecule has 0 saturated carbocycles. The fourth-order valence-corrected chi connectivity index (χ4v) is 2.47. The van der Waals surface area contributed by atoms with E-state index in [1.807, 2.05) is 43.3 Å². The van der Waals surface area contributed by atoms with Crippen molar-refractivity contribution < 1.29 is 14.3 Å². The number of benzene rings is 1. The summed E-state index contributed by atoms with van der Waals surface area (Å²) >= 11 is 0. The Balaban J connectivity index is 2.24. The Labute approximate surface area is 142 Å². The molecule has 0 aliphatic rings. The molecule has 0 aliphatic heterocycles. The molecule has 0 saturated heterocycles. The molecule has 1 aromatic heterocycles. The molecule has 1 amide bonds. The summed E-state index contributed by atoms with van der Waals surface area (Å²) in [4.78, 5) is 30.5. The topological polar surface area (TPSA) is 59.5 Å². The third-order valence-corrected chi connectivity index (χ3v) is 3.73. The molecule has 2 rings (SSSR count). The normalized spacial score (nSPS) is 11.6. The molecule has 1 heterocycles. The first-order valence-electron chi connectivity index (χ1n) is 7.85. The Hall–Kier alpha value is -2.69. The second kappa shape index (κ2) is 8.24. The number of aromatic nitrogens is 1. The van der Waals surface area contributed by atoms with E-state index in [-0.39, 0.29) is 18.4 Å². The van der Waals surface area contributed by atoms with Crippen molar-refractivity contribution in [3.05, 3.63) is 65.5 Å². The average molecular weight is 326 g/mol. The van der Waals surface area contributed by atoms with Gasteiger partial charge in [0, 0.05) is 18.3 Å². The Morgan fingerprint density at radius 1 is 1.21 bits per heavy atom. The predicted octanol–water partition coefficient (Wildman–Crippen LogP) is 2.84. The van der Waals surface area contributed by atoms with E-state index in [0.717, 1.165) is 11.3 Å². The highest BCUT2D eigenvalue weighted by molar-refractivity contribution is 5.94. The molecule has 0 radical (unpaired) electrons. The van der Waals surface area contributed by atoms with Gasteiger partial charge >= 0.3 is 5.97 Å². The number of carbonyl (C=O) groups is 2. The SMILES string of the molecule is COC(=O)C(C)CN(Cc1ccccn1)C(=O)c1cccc(C)c1. The second-order valence-electron chi connectivity index (χ2n) is 5.80. The predicted molar refractivity (Wildman–Crippen MR) is 91.3 cm³/mol. The van der Waals surface area contributed by atoms with Crippen molar-refractivity contribution >= 4 is 11.9 Å². The van der Waals surface area contributed by atoms with Crippen LogP contribution in [-0.2, 0) is 16.1 Å². The van der Waals surface area contributed by atoms with Crippen LogP contribution in [0.3, 0.4) is 0 Å². The van der Waals surface area contributed by atoms with Crippen LogP contribution in [0.5, 0.6) is 0 Å². The monoisotopic (exact) mass is 326 g/mol. The van der Waals surface area contributed by atoms with Crippen LogP contribution in [0, 0.1) is 12.8 Å². The molecule has 5 nitrogen and oxygen atoms in total. The molecule has 0 aliphatic carbocycles. The summed E-state index contributed by atoms with van der Waals surface area (Å²) in [5, 5.41) is 0. The molecule has 0 fully saturated rings. The zero-order valence-corrected chi connectivity index (χ0v) is 14.2. The Morgan fingerprint density at radius 2 is 2.00 bits per heavy atom. The summed E-state index contributed by atoms with van der Waals surface area (Å²) in [6.45, 7) is 4.31. The van der Waals surface area contributed by atoms with Gasteiger partial charge in [-0.3, -0.25) is 14.6 Å². The molecule has 24 heavy (non-hydrogen) atoms. The number of hydrogen-bond donors (Lipinski definition) is 0. The lowest BCUT2D eigenvalue weighted by molar-refractivity contribution is -0.145. The van der Waals surface area contributed by atoms with E-state index in [1.165, 1.54) is 7.11 Å². The van der Waals surface area contributed by atoms with Crippen molar-refractivity contribution in [3.8, 4) is 0 Å². The van der Waals surface area contributed by atoms with Gasteiger partial charge in [0.05, 0.1) is 25.3 Å². The molecule has 1 unspecified atom stereocenters. The van der Waals surface area contributed by atoms with Gasteiger partial charge in [0.2, 0.25) is 0 Å². The largest absolute Gasteiger partial charge is 0.469 e. The third kappa shape index (κ3) is 4.65. The molecular weight excluding hydrogens is 304 g/mol. The lowest BCUT2D eigenvalue weighted by atomic mass is 10.1. The molecule has 0 N–H and O–H groups in total. The van der Waals surface area contributed by atoms with Crippen LogP contribution in [0.15, 0.2) is 48.7 Å². The summed E-state index contributed by atoms with van der Waals surface area (Å²) < 4.78 is 4.78. The summed E-state index contributed by atoms with van der Waals surface area (Å²) in [6.07, 6.45) is 1.69. The van der Waals surface area contributed by atoms with Crippen LogP contribution in [0.1, 0.15) is 28.5 Å². The van der Waals surface area contributed by atoms with Crippen LogP contribution in [-0.4, -0.2) is 35.4 Å². The van der Waals surface area contributed by atoms with Gasteiger partial charge in [-0.15, -0.1) is 0 Å². The zero-order chi connectivity index (χ0) is 17.5. The van der Waals surface area contributed by atoms with Crippen molar-refractivity contribution in [2.75, 3.05) is 13.7 Å². The quantitative estimate of drug-likeness (QED) is 0.766. The third-order valence-electron chi connectivity index (χ3n) is 3.73. The highest BCUT2D eigenvalue weighted by Crippen LogP contribution is 2.13. The van der Waals surface area contributed by atoms with E-state index in [1.54, 1.807) is 24.1 Å².